The zero-order valence-electron chi connectivity index (χ0n) is 10.2. The molecule has 0 bridgehead atoms. The Hall–Kier alpha value is -0.470. The molecular formula is C3F9O9PS3. The second-order valence-corrected chi connectivity index (χ2v) is 9.50. The predicted molar refractivity (Wildman–Crippen MR) is 55.1 cm³/mol. The van der Waals surface area contributed by atoms with Crippen LogP contribution in [-0.2, 0) is 42.3 Å². The molecular weight excluding hydrogens is 478 g/mol. The topological polar surface area (TPSA) is 130 Å². The Kier molecular flexibility index (Phi) is 6.79. The van der Waals surface area contributed by atoms with Crippen molar-refractivity contribution in [3.05, 3.63) is 0 Å². The Morgan fingerprint density at radius 2 is 0.640 bits per heavy atom. The first-order chi connectivity index (χ1) is 10.5. The lowest BCUT2D eigenvalue weighted by atomic mass is 11.6. The number of halogens is 9. The third kappa shape index (κ3) is 6.32. The quantitative estimate of drug-likeness (QED) is 0.319. The molecule has 0 heterocycles. The molecule has 25 heavy (non-hydrogen) atoms. The lowest BCUT2D eigenvalue weighted by Crippen LogP contribution is -2.30. The molecule has 9 nitrogen and oxygen atoms in total. The average molecular weight is 478 g/mol. The monoisotopic (exact) mass is 478 g/mol. The van der Waals surface area contributed by atoms with Gasteiger partial charge < -0.3 is 0 Å². The van der Waals surface area contributed by atoms with Crippen LogP contribution in [0.4, 0.5) is 39.5 Å². The molecule has 22 heteroatoms. The van der Waals surface area contributed by atoms with Crippen molar-refractivity contribution in [2.24, 2.45) is 0 Å². The van der Waals surface area contributed by atoms with E-state index in [0.29, 0.717) is 0 Å². The summed E-state index contributed by atoms with van der Waals surface area (Å²) in [7, 11) is -26.8. The van der Waals surface area contributed by atoms with Crippen LogP contribution in [0.1, 0.15) is 0 Å². The highest BCUT2D eigenvalue weighted by atomic mass is 32.3. The van der Waals surface area contributed by atoms with Gasteiger partial charge in [-0.1, -0.05) is 0 Å². The summed E-state index contributed by atoms with van der Waals surface area (Å²) in [4.78, 5) is 0. The third-order valence-electron chi connectivity index (χ3n) is 1.33. The summed E-state index contributed by atoms with van der Waals surface area (Å²) in [6.07, 6.45) is 0. The Morgan fingerprint density at radius 3 is 0.760 bits per heavy atom. The van der Waals surface area contributed by atoms with Crippen molar-refractivity contribution >= 4 is 39.0 Å². The smallest absolute Gasteiger partial charge is 0.189 e. The lowest BCUT2D eigenvalue weighted by Gasteiger charge is -2.17. The van der Waals surface area contributed by atoms with Gasteiger partial charge in [-0.15, -0.1) is 0 Å². The molecule has 0 aromatic heterocycles. The minimum absolute atomic E-state index is 2.57. The summed E-state index contributed by atoms with van der Waals surface area (Å²) in [6.45, 7) is 0. The van der Waals surface area contributed by atoms with Gasteiger partial charge in [-0.05, 0) is 0 Å². The first-order valence-corrected chi connectivity index (χ1v) is 9.68. The van der Waals surface area contributed by atoms with Crippen LogP contribution in [0, 0.1) is 0 Å². The maximum Gasteiger partial charge on any atom is 0.523 e. The van der Waals surface area contributed by atoms with Gasteiger partial charge in [-0.3, -0.25) is 0 Å². The molecule has 0 saturated carbocycles. The van der Waals surface area contributed by atoms with Crippen LogP contribution in [0.3, 0.4) is 0 Å². The van der Waals surface area contributed by atoms with Gasteiger partial charge in [-0.25, -0.2) is 0 Å². The van der Waals surface area contributed by atoms with Gasteiger partial charge in [0.1, 0.15) is 0 Å². The predicted octanol–water partition coefficient (Wildman–Crippen LogP) is 1.81. The minimum Gasteiger partial charge on any atom is -0.189 e. The molecule has 0 spiro atoms. The maximum absolute atomic E-state index is 12.0. The molecule has 0 aromatic rings. The highest BCUT2D eigenvalue weighted by Gasteiger charge is 2.57. The molecule has 0 aliphatic rings. The summed E-state index contributed by atoms with van der Waals surface area (Å²) >= 11 is 0. The van der Waals surface area contributed by atoms with E-state index in [0.717, 1.165) is 0 Å². The fraction of sp³-hybridized carbons (Fsp3) is 1.00. The number of hydrogen-bond acceptors (Lipinski definition) is 9. The van der Waals surface area contributed by atoms with Gasteiger partial charge in [0.25, 0.3) is 0 Å². The highest BCUT2D eigenvalue weighted by molar-refractivity contribution is 7.97. The van der Waals surface area contributed by atoms with Crippen molar-refractivity contribution in [1.82, 2.24) is 0 Å². The largest absolute Gasteiger partial charge is 0.523 e. The Labute approximate surface area is 133 Å². The van der Waals surface area contributed by atoms with E-state index in [1.54, 1.807) is 0 Å². The van der Waals surface area contributed by atoms with Crippen LogP contribution in [0.2, 0.25) is 0 Å². The summed E-state index contributed by atoms with van der Waals surface area (Å²) in [5.74, 6) is 0. The van der Waals surface area contributed by atoms with Crippen molar-refractivity contribution in [2.75, 3.05) is 0 Å². The van der Waals surface area contributed by atoms with Crippen LogP contribution in [0.25, 0.3) is 0 Å². The van der Waals surface area contributed by atoms with E-state index in [1.165, 1.54) is 0 Å². The SMILES string of the molecule is O=S(=O)(OP(OS(=O)(=O)C(F)(F)F)OS(=O)(=O)C(F)(F)F)C(F)(F)F. The van der Waals surface area contributed by atoms with Crippen molar-refractivity contribution in [3.8, 4) is 0 Å². The van der Waals surface area contributed by atoms with Crippen LogP contribution >= 0.6 is 8.60 Å². The minimum atomic E-state index is -7.12. The van der Waals surface area contributed by atoms with Crippen LogP contribution in [0.5, 0.6) is 0 Å². The van der Waals surface area contributed by atoms with Crippen molar-refractivity contribution < 1.29 is 76.7 Å². The zero-order valence-corrected chi connectivity index (χ0v) is 13.6. The van der Waals surface area contributed by atoms with E-state index in [9.17, 15) is 64.8 Å². The van der Waals surface area contributed by atoms with E-state index in [4.69, 9.17) is 0 Å². The fourth-order valence-electron chi connectivity index (χ4n) is 0.404. The second kappa shape index (κ2) is 6.93. The molecule has 0 N–H and O–H groups in total. The number of rotatable bonds is 6. The van der Waals surface area contributed by atoms with Gasteiger partial charge in [0, 0.05) is 0 Å². The molecule has 152 valence electrons. The average Bonchev–Trinajstić information content (AvgIpc) is 2.21. The molecule has 0 aliphatic carbocycles. The summed E-state index contributed by atoms with van der Waals surface area (Å²) < 4.78 is 178. The van der Waals surface area contributed by atoms with Crippen molar-refractivity contribution in [3.63, 3.8) is 0 Å². The van der Waals surface area contributed by atoms with Gasteiger partial charge in [-0.2, -0.15) is 76.7 Å². The summed E-state index contributed by atoms with van der Waals surface area (Å²) in [5, 5.41) is 0. The number of alkyl halides is 9. The molecule has 0 saturated heterocycles. The van der Waals surface area contributed by atoms with Crippen molar-refractivity contribution in [2.45, 2.75) is 16.5 Å². The Morgan fingerprint density at radius 1 is 0.480 bits per heavy atom. The van der Waals surface area contributed by atoms with Gasteiger partial charge >= 0.3 is 55.5 Å². The molecule has 0 fully saturated rings. The first-order valence-electron chi connectivity index (χ1n) is 4.36. The van der Waals surface area contributed by atoms with E-state index >= 15 is 0 Å². The number of hydrogen-bond donors (Lipinski definition) is 0. The third-order valence-corrected chi connectivity index (χ3v) is 6.84. The normalized spacial score (nSPS) is 15.6. The van der Waals surface area contributed by atoms with E-state index in [1.807, 2.05) is 0 Å². The fourth-order valence-corrected chi connectivity index (χ4v) is 4.31. The van der Waals surface area contributed by atoms with E-state index in [2.05, 4.69) is 11.9 Å². The second-order valence-electron chi connectivity index (χ2n) is 3.15. The van der Waals surface area contributed by atoms with Crippen LogP contribution in [0.15, 0.2) is 0 Å². The standard InChI is InChI=1S/C3F9O9PS3/c4-1(5,6)23(13,14)19-22(20-24(15,16)2(7,8)9)21-25(17,18)3(10,11)12. The highest BCUT2D eigenvalue weighted by Crippen LogP contribution is 2.51. The Bertz CT molecular complexity index is 677. The van der Waals surface area contributed by atoms with Gasteiger partial charge in [0.05, 0.1) is 0 Å². The Balaban J connectivity index is 5.96. The molecule has 0 aromatic carbocycles. The molecule has 0 unspecified atom stereocenters. The van der Waals surface area contributed by atoms with Crippen LogP contribution in [-0.4, -0.2) is 41.8 Å². The van der Waals surface area contributed by atoms with Gasteiger partial charge in [0.2, 0.25) is 0 Å². The summed E-state index contributed by atoms with van der Waals surface area (Å²) in [6, 6.07) is 0. The van der Waals surface area contributed by atoms with Gasteiger partial charge in [0.15, 0.2) is 0 Å². The van der Waals surface area contributed by atoms with Crippen LogP contribution < -0.4 is 0 Å². The molecule has 0 amide bonds. The molecule has 0 aliphatic heterocycles. The van der Waals surface area contributed by atoms with Crippen molar-refractivity contribution in [1.29, 1.82) is 0 Å². The van der Waals surface area contributed by atoms with E-state index in [-0.39, 0.29) is 0 Å². The van der Waals surface area contributed by atoms with E-state index < -0.39 is 55.5 Å². The summed E-state index contributed by atoms with van der Waals surface area (Å²) in [5.41, 5.74) is -19.5. The molecule has 0 atom stereocenters. The lowest BCUT2D eigenvalue weighted by molar-refractivity contribution is -0.0535. The molecule has 0 radical (unpaired) electrons. The maximum atomic E-state index is 12.0. The zero-order chi connectivity index (χ0) is 20.7. The molecule has 0 rings (SSSR count). The first kappa shape index (κ1) is 24.5.